The Morgan fingerprint density at radius 2 is 1.91 bits per heavy atom. The molecule has 174 valence electrons. The van der Waals surface area contributed by atoms with Crippen molar-refractivity contribution >= 4 is 58.3 Å². The van der Waals surface area contributed by atoms with E-state index in [1.807, 2.05) is 6.07 Å². The Labute approximate surface area is 215 Å². The summed E-state index contributed by atoms with van der Waals surface area (Å²) in [6.07, 6.45) is 5.43. The number of carbonyl (C=O) groups is 1. The summed E-state index contributed by atoms with van der Waals surface area (Å²) < 4.78 is 9.20. The van der Waals surface area contributed by atoms with Gasteiger partial charge in [0.1, 0.15) is 11.4 Å². The number of aromatic nitrogens is 3. The molecule has 1 amide bonds. The highest BCUT2D eigenvalue weighted by Gasteiger charge is 2.16. The molecule has 4 aromatic rings. The van der Waals surface area contributed by atoms with E-state index in [4.69, 9.17) is 39.5 Å². The molecule has 2 heterocycles. The number of ether oxygens (including phenoxy) is 1. The van der Waals surface area contributed by atoms with Gasteiger partial charge in [-0.15, -0.1) is 0 Å². The molecular formula is C23H18Cl3N5O2S. The Hall–Kier alpha value is -2.91. The maximum Gasteiger partial charge on any atom is 0.255 e. The fourth-order valence-corrected chi connectivity index (χ4v) is 4.12. The lowest BCUT2D eigenvalue weighted by Crippen LogP contribution is -2.26. The number of imidazole rings is 1. The zero-order valence-electron chi connectivity index (χ0n) is 17.5. The average Bonchev–Trinajstić information content (AvgIpc) is 3.35. The summed E-state index contributed by atoms with van der Waals surface area (Å²) in [5, 5.41) is 4.23. The second kappa shape index (κ2) is 11.5. The first-order valence-corrected chi connectivity index (χ1v) is 12.0. The molecule has 34 heavy (non-hydrogen) atoms. The Morgan fingerprint density at radius 3 is 2.71 bits per heavy atom. The van der Waals surface area contributed by atoms with E-state index in [9.17, 15) is 4.79 Å². The van der Waals surface area contributed by atoms with E-state index in [0.717, 1.165) is 10.6 Å². The summed E-state index contributed by atoms with van der Waals surface area (Å²) in [5.74, 6) is 0.359. The minimum absolute atomic E-state index is 0.259. The molecule has 2 aromatic heterocycles. The number of anilines is 1. The van der Waals surface area contributed by atoms with Crippen LogP contribution >= 0.6 is 46.8 Å². The van der Waals surface area contributed by atoms with E-state index < -0.39 is 0 Å². The number of hydrogen-bond donors (Lipinski definition) is 3. The zero-order chi connectivity index (χ0) is 23.9. The predicted octanol–water partition coefficient (Wildman–Crippen LogP) is 6.65. The highest BCUT2D eigenvalue weighted by molar-refractivity contribution is 8.00. The Kier molecular flexibility index (Phi) is 8.18. The molecular weight excluding hydrogens is 517 g/mol. The maximum atomic E-state index is 12.8. The number of benzene rings is 2. The molecule has 0 aliphatic rings. The van der Waals surface area contributed by atoms with Crippen molar-refractivity contribution in [2.75, 3.05) is 11.3 Å². The number of halogens is 3. The molecule has 0 aliphatic carbocycles. The zero-order valence-corrected chi connectivity index (χ0v) is 20.6. The van der Waals surface area contributed by atoms with Crippen molar-refractivity contribution in [1.29, 1.82) is 0 Å². The third-order valence-electron chi connectivity index (χ3n) is 4.56. The third-order valence-corrected chi connectivity index (χ3v) is 6.32. The van der Waals surface area contributed by atoms with Gasteiger partial charge in [0.2, 0.25) is 5.88 Å². The van der Waals surface area contributed by atoms with Crippen LogP contribution in [0.3, 0.4) is 0 Å². The Balaban J connectivity index is 1.48. The minimum atomic E-state index is -0.260. The van der Waals surface area contributed by atoms with E-state index in [1.54, 1.807) is 55.0 Å². The fraction of sp³-hybridized carbons (Fsp3) is 0.0870. The standard InChI is InChI=1S/C23H18Cl3N5O2S/c24-14-9-20(31-34-16-5-6-18(25)19(26)10-16)23(29-11-14)33-21-4-2-1-3-17(21)22(32)28-8-7-15-12-27-13-30-15/h1-6,9-13,31H,7-8H2,(H,27,30)(H,28,32). The topological polar surface area (TPSA) is 91.9 Å². The SMILES string of the molecule is O=C(NCCc1cnc[nH]1)c1ccccc1Oc1ncc(Cl)cc1NSc1ccc(Cl)c(Cl)c1. The number of pyridine rings is 1. The molecule has 4 rings (SSSR count). The monoisotopic (exact) mass is 533 g/mol. The van der Waals surface area contributed by atoms with Crippen molar-refractivity contribution < 1.29 is 9.53 Å². The van der Waals surface area contributed by atoms with Crippen molar-refractivity contribution in [2.24, 2.45) is 0 Å². The molecule has 0 saturated carbocycles. The van der Waals surface area contributed by atoms with Gasteiger partial charge in [-0.3, -0.25) is 4.79 Å². The quantitative estimate of drug-likeness (QED) is 0.208. The van der Waals surface area contributed by atoms with Gasteiger partial charge in [0.15, 0.2) is 0 Å². The molecule has 0 spiro atoms. The van der Waals surface area contributed by atoms with Gasteiger partial charge in [-0.05, 0) is 48.3 Å². The maximum absolute atomic E-state index is 12.8. The van der Waals surface area contributed by atoms with Gasteiger partial charge in [0.05, 0.1) is 27.0 Å². The molecule has 0 atom stereocenters. The van der Waals surface area contributed by atoms with Crippen molar-refractivity contribution in [3.63, 3.8) is 0 Å². The number of H-pyrrole nitrogens is 1. The van der Waals surface area contributed by atoms with Gasteiger partial charge in [-0.2, -0.15) is 0 Å². The van der Waals surface area contributed by atoms with Crippen LogP contribution in [-0.2, 0) is 6.42 Å². The fourth-order valence-electron chi connectivity index (χ4n) is 2.91. The molecule has 0 aliphatic heterocycles. The van der Waals surface area contributed by atoms with Gasteiger partial charge >= 0.3 is 0 Å². The van der Waals surface area contributed by atoms with Crippen LogP contribution in [0.1, 0.15) is 16.1 Å². The van der Waals surface area contributed by atoms with Crippen molar-refractivity contribution in [3.05, 3.63) is 93.6 Å². The number of rotatable bonds is 9. The molecule has 0 radical (unpaired) electrons. The Morgan fingerprint density at radius 1 is 1.06 bits per heavy atom. The molecule has 0 bridgehead atoms. The van der Waals surface area contributed by atoms with E-state index >= 15 is 0 Å². The van der Waals surface area contributed by atoms with Crippen LogP contribution < -0.4 is 14.8 Å². The number of nitrogens with one attached hydrogen (secondary N) is 3. The lowest BCUT2D eigenvalue weighted by Gasteiger charge is -2.14. The molecule has 0 saturated heterocycles. The average molecular weight is 535 g/mol. The molecule has 7 nitrogen and oxygen atoms in total. The summed E-state index contributed by atoms with van der Waals surface area (Å²) in [5.41, 5.74) is 1.84. The summed E-state index contributed by atoms with van der Waals surface area (Å²) in [4.78, 5) is 24.9. The lowest BCUT2D eigenvalue weighted by molar-refractivity contribution is 0.0951. The summed E-state index contributed by atoms with van der Waals surface area (Å²) in [6, 6.07) is 13.9. The first-order valence-electron chi connectivity index (χ1n) is 10.1. The second-order valence-electron chi connectivity index (χ2n) is 6.97. The molecule has 0 unspecified atom stereocenters. The van der Waals surface area contributed by atoms with Gasteiger partial charge in [0.25, 0.3) is 5.91 Å². The number of nitrogens with zero attached hydrogens (tertiary/aromatic N) is 2. The Bertz CT molecular complexity index is 1290. The van der Waals surface area contributed by atoms with Crippen LogP contribution in [0.25, 0.3) is 0 Å². The number of para-hydroxylation sites is 1. The van der Waals surface area contributed by atoms with Crippen LogP contribution in [0.2, 0.25) is 15.1 Å². The van der Waals surface area contributed by atoms with E-state index in [0.29, 0.717) is 45.0 Å². The van der Waals surface area contributed by atoms with E-state index in [2.05, 4.69) is 25.0 Å². The van der Waals surface area contributed by atoms with Crippen molar-refractivity contribution in [3.8, 4) is 11.6 Å². The van der Waals surface area contributed by atoms with Crippen LogP contribution in [0.4, 0.5) is 5.69 Å². The lowest BCUT2D eigenvalue weighted by atomic mass is 10.2. The molecule has 11 heteroatoms. The summed E-state index contributed by atoms with van der Waals surface area (Å²) >= 11 is 19.5. The van der Waals surface area contributed by atoms with Crippen LogP contribution in [0.15, 0.2) is 72.1 Å². The molecule has 2 aromatic carbocycles. The van der Waals surface area contributed by atoms with Gasteiger partial charge in [0, 0.05) is 35.9 Å². The summed E-state index contributed by atoms with van der Waals surface area (Å²) in [7, 11) is 0. The number of aromatic amines is 1. The van der Waals surface area contributed by atoms with Gasteiger partial charge < -0.3 is 19.8 Å². The smallest absolute Gasteiger partial charge is 0.255 e. The highest BCUT2D eigenvalue weighted by Crippen LogP contribution is 2.35. The third kappa shape index (κ3) is 6.36. The predicted molar refractivity (Wildman–Crippen MR) is 136 cm³/mol. The number of amides is 1. The number of hydrogen-bond acceptors (Lipinski definition) is 6. The number of carbonyl (C=O) groups excluding carboxylic acids is 1. The molecule has 0 fully saturated rings. The minimum Gasteiger partial charge on any atom is -0.436 e. The van der Waals surface area contributed by atoms with Crippen molar-refractivity contribution in [1.82, 2.24) is 20.3 Å². The van der Waals surface area contributed by atoms with Crippen molar-refractivity contribution in [2.45, 2.75) is 11.3 Å². The van der Waals surface area contributed by atoms with E-state index in [-0.39, 0.29) is 11.8 Å². The highest BCUT2D eigenvalue weighted by atomic mass is 35.5. The van der Waals surface area contributed by atoms with Gasteiger partial charge in [-0.25, -0.2) is 9.97 Å². The normalized spacial score (nSPS) is 10.7. The van der Waals surface area contributed by atoms with E-state index in [1.165, 1.54) is 18.1 Å². The van der Waals surface area contributed by atoms with Crippen LogP contribution in [-0.4, -0.2) is 27.4 Å². The van der Waals surface area contributed by atoms with Gasteiger partial charge in [-0.1, -0.05) is 46.9 Å². The first-order chi connectivity index (χ1) is 16.5. The van der Waals surface area contributed by atoms with Crippen LogP contribution in [0.5, 0.6) is 11.6 Å². The first kappa shape index (κ1) is 24.2. The van der Waals surface area contributed by atoms with Crippen LogP contribution in [0, 0.1) is 0 Å². The second-order valence-corrected chi connectivity index (χ2v) is 9.10. The molecule has 3 N–H and O–H groups in total. The summed E-state index contributed by atoms with van der Waals surface area (Å²) in [6.45, 7) is 0.446. The largest absolute Gasteiger partial charge is 0.436 e.